The first kappa shape index (κ1) is 25.5. The summed E-state index contributed by atoms with van der Waals surface area (Å²) in [7, 11) is 4.79. The van der Waals surface area contributed by atoms with Crippen LogP contribution in [-0.4, -0.2) is 32.8 Å². The summed E-state index contributed by atoms with van der Waals surface area (Å²) in [4.78, 5) is 13.4. The standard InChI is InChI=1S/C28H30ClNO6/c1-28(2,36-19-9-7-18(29)8-10-19)27(31)30-22-16-24(17-6-13-23(33-4)26(14-17)34-5)35-25-15-20(32-3)11-12-21(22)25/h6-15,22,24H,16H2,1-5H3,(H,30,31)/t22?,24-/m0/s1. The zero-order chi connectivity index (χ0) is 25.9. The first-order chi connectivity index (χ1) is 17.2. The number of ether oxygens (including phenoxy) is 5. The van der Waals surface area contributed by atoms with Crippen LogP contribution in [-0.2, 0) is 4.79 Å². The van der Waals surface area contributed by atoms with E-state index in [1.807, 2.05) is 36.4 Å². The lowest BCUT2D eigenvalue weighted by Gasteiger charge is -2.35. The third-order valence-corrected chi connectivity index (χ3v) is 6.39. The highest BCUT2D eigenvalue weighted by molar-refractivity contribution is 6.30. The van der Waals surface area contributed by atoms with E-state index in [1.54, 1.807) is 59.4 Å². The van der Waals surface area contributed by atoms with E-state index >= 15 is 0 Å². The fraction of sp³-hybridized carbons (Fsp3) is 0.321. The second kappa shape index (κ2) is 10.6. The number of amides is 1. The Morgan fingerprint density at radius 3 is 2.28 bits per heavy atom. The Bertz CT molecular complexity index is 1230. The molecule has 4 rings (SSSR count). The second-order valence-corrected chi connectivity index (χ2v) is 9.39. The van der Waals surface area contributed by atoms with Gasteiger partial charge in [-0.15, -0.1) is 0 Å². The van der Waals surface area contributed by atoms with Crippen LogP contribution in [0.15, 0.2) is 60.7 Å². The number of halogens is 1. The Morgan fingerprint density at radius 1 is 0.917 bits per heavy atom. The van der Waals surface area contributed by atoms with Crippen molar-refractivity contribution in [2.45, 2.75) is 38.0 Å². The quantitative estimate of drug-likeness (QED) is 0.405. The van der Waals surface area contributed by atoms with Gasteiger partial charge in [0.2, 0.25) is 0 Å². The van der Waals surface area contributed by atoms with Gasteiger partial charge in [0.05, 0.1) is 27.4 Å². The van der Waals surface area contributed by atoms with Crippen molar-refractivity contribution in [3.8, 4) is 28.7 Å². The van der Waals surface area contributed by atoms with Gasteiger partial charge in [0.15, 0.2) is 17.1 Å². The molecule has 0 bridgehead atoms. The second-order valence-electron chi connectivity index (χ2n) is 8.95. The number of carbonyl (C=O) groups is 1. The minimum absolute atomic E-state index is 0.253. The summed E-state index contributed by atoms with van der Waals surface area (Å²) < 4.78 is 28.6. The summed E-state index contributed by atoms with van der Waals surface area (Å²) in [6.07, 6.45) is 0.174. The summed E-state index contributed by atoms with van der Waals surface area (Å²) in [5.41, 5.74) is 0.637. The smallest absolute Gasteiger partial charge is 0.264 e. The zero-order valence-corrected chi connectivity index (χ0v) is 21.7. The predicted octanol–water partition coefficient (Wildman–Crippen LogP) is 5.90. The van der Waals surface area contributed by atoms with Crippen LogP contribution in [0.1, 0.15) is 43.5 Å². The number of rotatable bonds is 8. The maximum absolute atomic E-state index is 13.4. The van der Waals surface area contributed by atoms with Crippen molar-refractivity contribution in [2.75, 3.05) is 21.3 Å². The van der Waals surface area contributed by atoms with Gasteiger partial charge in [0, 0.05) is 23.1 Å². The van der Waals surface area contributed by atoms with Gasteiger partial charge >= 0.3 is 0 Å². The van der Waals surface area contributed by atoms with E-state index in [4.69, 9.17) is 35.3 Å². The summed E-state index contributed by atoms with van der Waals surface area (Å²) in [6.45, 7) is 3.47. The normalized spacial score (nSPS) is 16.8. The van der Waals surface area contributed by atoms with Crippen LogP contribution in [0.25, 0.3) is 0 Å². The van der Waals surface area contributed by atoms with Gasteiger partial charge in [0.1, 0.15) is 23.4 Å². The van der Waals surface area contributed by atoms with Gasteiger partial charge in [-0.1, -0.05) is 17.7 Å². The predicted molar refractivity (Wildman–Crippen MR) is 138 cm³/mol. The van der Waals surface area contributed by atoms with Crippen molar-refractivity contribution in [2.24, 2.45) is 0 Å². The molecule has 3 aromatic rings. The van der Waals surface area contributed by atoms with Crippen molar-refractivity contribution < 1.29 is 28.5 Å². The first-order valence-corrected chi connectivity index (χ1v) is 11.9. The number of benzene rings is 3. The molecule has 1 unspecified atom stereocenters. The number of hydrogen-bond donors (Lipinski definition) is 1. The molecular weight excluding hydrogens is 482 g/mol. The van der Waals surface area contributed by atoms with E-state index in [1.165, 1.54) is 0 Å². The number of hydrogen-bond acceptors (Lipinski definition) is 6. The molecule has 0 saturated carbocycles. The molecule has 1 aliphatic heterocycles. The molecule has 1 heterocycles. The molecule has 7 nitrogen and oxygen atoms in total. The third kappa shape index (κ3) is 5.46. The van der Waals surface area contributed by atoms with E-state index in [2.05, 4.69) is 5.32 Å². The molecule has 0 aromatic heterocycles. The van der Waals surface area contributed by atoms with Crippen LogP contribution in [0, 0.1) is 0 Å². The van der Waals surface area contributed by atoms with E-state index in [0.29, 0.717) is 40.2 Å². The summed E-state index contributed by atoms with van der Waals surface area (Å²) >= 11 is 5.97. The fourth-order valence-electron chi connectivity index (χ4n) is 4.14. The van der Waals surface area contributed by atoms with Gasteiger partial charge in [-0.05, 0) is 67.9 Å². The van der Waals surface area contributed by atoms with Crippen LogP contribution in [0.4, 0.5) is 0 Å². The van der Waals surface area contributed by atoms with Crippen LogP contribution in [0.3, 0.4) is 0 Å². The van der Waals surface area contributed by atoms with Crippen molar-refractivity contribution in [3.63, 3.8) is 0 Å². The van der Waals surface area contributed by atoms with Crippen LogP contribution >= 0.6 is 11.6 Å². The third-order valence-electron chi connectivity index (χ3n) is 6.13. The molecular formula is C28H30ClNO6. The van der Waals surface area contributed by atoms with Crippen LogP contribution in [0.5, 0.6) is 28.7 Å². The summed E-state index contributed by atoms with van der Waals surface area (Å²) in [6, 6.07) is 17.9. The van der Waals surface area contributed by atoms with Gasteiger partial charge < -0.3 is 29.0 Å². The topological polar surface area (TPSA) is 75.3 Å². The Balaban J connectivity index is 1.61. The van der Waals surface area contributed by atoms with E-state index in [-0.39, 0.29) is 18.1 Å². The Hall–Kier alpha value is -3.58. The molecule has 3 aromatic carbocycles. The molecule has 0 saturated heterocycles. The lowest BCUT2D eigenvalue weighted by molar-refractivity contribution is -0.135. The highest BCUT2D eigenvalue weighted by atomic mass is 35.5. The molecule has 8 heteroatoms. The number of carbonyl (C=O) groups excluding carboxylic acids is 1. The monoisotopic (exact) mass is 511 g/mol. The number of methoxy groups -OCH3 is 3. The van der Waals surface area contributed by atoms with Crippen molar-refractivity contribution >= 4 is 17.5 Å². The number of fused-ring (bicyclic) bond motifs is 1. The van der Waals surface area contributed by atoms with Gasteiger partial charge in [-0.2, -0.15) is 0 Å². The number of nitrogens with one attached hydrogen (secondary N) is 1. The average Bonchev–Trinajstić information content (AvgIpc) is 2.88. The molecule has 190 valence electrons. The molecule has 36 heavy (non-hydrogen) atoms. The van der Waals surface area contributed by atoms with Crippen molar-refractivity contribution in [3.05, 3.63) is 76.8 Å². The minimum Gasteiger partial charge on any atom is -0.497 e. The Kier molecular flexibility index (Phi) is 7.50. The lowest BCUT2D eigenvalue weighted by atomic mass is 9.92. The fourth-order valence-corrected chi connectivity index (χ4v) is 4.27. The molecule has 1 aliphatic rings. The molecule has 1 N–H and O–H groups in total. The van der Waals surface area contributed by atoms with Gasteiger partial charge in [0.25, 0.3) is 5.91 Å². The highest BCUT2D eigenvalue weighted by Gasteiger charge is 2.36. The molecule has 0 fully saturated rings. The largest absolute Gasteiger partial charge is 0.497 e. The first-order valence-electron chi connectivity index (χ1n) is 11.6. The Labute approximate surface area is 216 Å². The lowest BCUT2D eigenvalue weighted by Crippen LogP contribution is -2.48. The van der Waals surface area contributed by atoms with Gasteiger partial charge in [-0.25, -0.2) is 0 Å². The molecule has 1 amide bonds. The van der Waals surface area contributed by atoms with Crippen LogP contribution < -0.4 is 29.0 Å². The van der Waals surface area contributed by atoms with E-state index in [9.17, 15) is 4.79 Å². The van der Waals surface area contributed by atoms with E-state index < -0.39 is 5.60 Å². The minimum atomic E-state index is -1.13. The van der Waals surface area contributed by atoms with Gasteiger partial charge in [-0.3, -0.25) is 4.79 Å². The van der Waals surface area contributed by atoms with Crippen molar-refractivity contribution in [1.82, 2.24) is 5.32 Å². The van der Waals surface area contributed by atoms with Crippen molar-refractivity contribution in [1.29, 1.82) is 0 Å². The van der Waals surface area contributed by atoms with E-state index in [0.717, 1.165) is 11.1 Å². The SMILES string of the molecule is COc1ccc2c(c1)O[C@H](c1ccc(OC)c(OC)c1)CC2NC(=O)C(C)(C)Oc1ccc(Cl)cc1. The molecule has 2 atom stereocenters. The molecule has 0 aliphatic carbocycles. The molecule has 0 radical (unpaired) electrons. The Morgan fingerprint density at radius 2 is 1.61 bits per heavy atom. The average molecular weight is 512 g/mol. The summed E-state index contributed by atoms with van der Waals surface area (Å²) in [5.74, 6) is 2.84. The van der Waals surface area contributed by atoms with Crippen LogP contribution in [0.2, 0.25) is 5.02 Å². The maximum Gasteiger partial charge on any atom is 0.264 e. The summed E-state index contributed by atoms with van der Waals surface area (Å²) in [5, 5.41) is 3.77. The maximum atomic E-state index is 13.4. The molecule has 0 spiro atoms. The highest BCUT2D eigenvalue weighted by Crippen LogP contribution is 2.44. The zero-order valence-electron chi connectivity index (χ0n) is 21.0.